The third-order valence-corrected chi connectivity index (χ3v) is 4.37. The van der Waals surface area contributed by atoms with Crippen LogP contribution in [0.5, 0.6) is 5.75 Å². The third-order valence-electron chi connectivity index (χ3n) is 3.13. The minimum absolute atomic E-state index is 0.0242. The molecule has 2 aromatic carbocycles. The molecule has 0 radical (unpaired) electrons. The fourth-order valence-corrected chi connectivity index (χ4v) is 2.86. The summed E-state index contributed by atoms with van der Waals surface area (Å²) >= 11 is 7.51. The molecule has 0 aromatic heterocycles. The van der Waals surface area contributed by atoms with Gasteiger partial charge in [-0.15, -0.1) is 11.8 Å². The third kappa shape index (κ3) is 4.97. The normalized spacial score (nSPS) is 10.3. The van der Waals surface area contributed by atoms with Crippen LogP contribution in [-0.4, -0.2) is 18.8 Å². The number of benzene rings is 2. The Morgan fingerprint density at radius 2 is 1.95 bits per heavy atom. The quantitative estimate of drug-likeness (QED) is 0.843. The van der Waals surface area contributed by atoms with Crippen LogP contribution in [0.15, 0.2) is 42.5 Å². The van der Waals surface area contributed by atoms with Gasteiger partial charge in [-0.2, -0.15) is 0 Å². The van der Waals surface area contributed by atoms with Crippen molar-refractivity contribution in [2.45, 2.75) is 12.7 Å². The average Bonchev–Trinajstić information content (AvgIpc) is 2.51. The highest BCUT2D eigenvalue weighted by atomic mass is 35.5. The van der Waals surface area contributed by atoms with Crippen LogP contribution in [0.25, 0.3) is 0 Å². The van der Waals surface area contributed by atoms with E-state index < -0.39 is 0 Å². The molecule has 2 rings (SSSR count). The number of anilines is 1. The van der Waals surface area contributed by atoms with E-state index in [2.05, 4.69) is 5.32 Å². The number of rotatable bonds is 6. The van der Waals surface area contributed by atoms with Crippen LogP contribution in [0.4, 0.5) is 5.69 Å². The maximum Gasteiger partial charge on any atom is 0.234 e. The number of hydrogen-bond donors (Lipinski definition) is 1. The van der Waals surface area contributed by atoms with Crippen molar-refractivity contribution < 1.29 is 9.53 Å². The second-order valence-electron chi connectivity index (χ2n) is 4.85. The predicted molar refractivity (Wildman–Crippen MR) is 94.0 cm³/mol. The molecule has 22 heavy (non-hydrogen) atoms. The number of amides is 1. The van der Waals surface area contributed by atoms with Gasteiger partial charge in [-0.1, -0.05) is 29.8 Å². The zero-order chi connectivity index (χ0) is 15.9. The van der Waals surface area contributed by atoms with Crippen molar-refractivity contribution in [2.75, 3.05) is 18.2 Å². The average molecular weight is 336 g/mol. The van der Waals surface area contributed by atoms with Crippen molar-refractivity contribution in [3.8, 4) is 5.75 Å². The molecule has 0 atom stereocenters. The van der Waals surface area contributed by atoms with E-state index in [0.717, 1.165) is 28.3 Å². The Morgan fingerprint density at radius 1 is 1.23 bits per heavy atom. The van der Waals surface area contributed by atoms with Crippen LogP contribution in [0.3, 0.4) is 0 Å². The molecular formula is C17H18ClNO2S. The van der Waals surface area contributed by atoms with Gasteiger partial charge in [0.2, 0.25) is 5.91 Å². The zero-order valence-electron chi connectivity index (χ0n) is 12.6. The predicted octanol–water partition coefficient (Wildman–Crippen LogP) is 4.53. The molecule has 0 spiro atoms. The number of carbonyl (C=O) groups excluding carboxylic acids is 1. The highest BCUT2D eigenvalue weighted by molar-refractivity contribution is 7.99. The summed E-state index contributed by atoms with van der Waals surface area (Å²) in [7, 11) is 1.64. The number of halogens is 1. The van der Waals surface area contributed by atoms with Crippen LogP contribution in [-0.2, 0) is 10.5 Å². The number of methoxy groups -OCH3 is 1. The lowest BCUT2D eigenvalue weighted by molar-refractivity contribution is -0.113. The second kappa shape index (κ2) is 8.11. The van der Waals surface area contributed by atoms with E-state index in [0.29, 0.717) is 10.8 Å². The van der Waals surface area contributed by atoms with E-state index in [-0.39, 0.29) is 5.91 Å². The number of nitrogens with one attached hydrogen (secondary N) is 1. The molecule has 1 amide bonds. The molecule has 116 valence electrons. The summed E-state index contributed by atoms with van der Waals surface area (Å²) in [4.78, 5) is 12.0. The van der Waals surface area contributed by atoms with Crippen molar-refractivity contribution in [1.82, 2.24) is 0 Å². The molecular weight excluding hydrogens is 318 g/mol. The minimum atomic E-state index is -0.0242. The van der Waals surface area contributed by atoms with Crippen LogP contribution in [0, 0.1) is 6.92 Å². The molecule has 0 saturated carbocycles. The van der Waals surface area contributed by atoms with Crippen molar-refractivity contribution in [3.05, 3.63) is 58.6 Å². The summed E-state index contributed by atoms with van der Waals surface area (Å²) in [6.07, 6.45) is 0. The first-order valence-corrected chi connectivity index (χ1v) is 8.38. The Morgan fingerprint density at radius 3 is 2.64 bits per heavy atom. The van der Waals surface area contributed by atoms with E-state index in [4.69, 9.17) is 16.3 Å². The van der Waals surface area contributed by atoms with Gasteiger partial charge in [-0.3, -0.25) is 4.79 Å². The van der Waals surface area contributed by atoms with Gasteiger partial charge in [-0.05, 0) is 42.3 Å². The number of aryl methyl sites for hydroxylation is 1. The Kier molecular flexibility index (Phi) is 6.16. The summed E-state index contributed by atoms with van der Waals surface area (Å²) in [5.41, 5.74) is 2.93. The number of carbonyl (C=O) groups is 1. The van der Waals surface area contributed by atoms with E-state index in [9.17, 15) is 4.79 Å². The van der Waals surface area contributed by atoms with Crippen molar-refractivity contribution in [1.29, 1.82) is 0 Å². The van der Waals surface area contributed by atoms with Gasteiger partial charge in [0.1, 0.15) is 5.75 Å². The summed E-state index contributed by atoms with van der Waals surface area (Å²) < 4.78 is 5.12. The molecule has 5 heteroatoms. The SMILES string of the molecule is COc1ccc(CSCC(=O)Nc2cc(Cl)ccc2C)cc1. The molecule has 0 saturated heterocycles. The molecule has 0 fully saturated rings. The lowest BCUT2D eigenvalue weighted by Gasteiger charge is -2.09. The second-order valence-corrected chi connectivity index (χ2v) is 6.27. The molecule has 0 aliphatic heterocycles. The van der Waals surface area contributed by atoms with Gasteiger partial charge in [-0.25, -0.2) is 0 Å². The van der Waals surface area contributed by atoms with E-state index in [1.54, 1.807) is 24.9 Å². The van der Waals surface area contributed by atoms with E-state index in [1.807, 2.05) is 43.3 Å². The van der Waals surface area contributed by atoms with Crippen LogP contribution >= 0.6 is 23.4 Å². The number of ether oxygens (including phenoxy) is 1. The van der Waals surface area contributed by atoms with Gasteiger partial charge >= 0.3 is 0 Å². The Hall–Kier alpha value is -1.65. The largest absolute Gasteiger partial charge is 0.497 e. The monoisotopic (exact) mass is 335 g/mol. The molecule has 0 aliphatic carbocycles. The van der Waals surface area contributed by atoms with Crippen LogP contribution < -0.4 is 10.1 Å². The van der Waals surface area contributed by atoms with Gasteiger partial charge in [0, 0.05) is 16.5 Å². The highest BCUT2D eigenvalue weighted by Gasteiger charge is 2.06. The Labute approximate surface area is 140 Å². The lowest BCUT2D eigenvalue weighted by atomic mass is 10.2. The van der Waals surface area contributed by atoms with E-state index in [1.165, 1.54) is 0 Å². The summed E-state index contributed by atoms with van der Waals surface area (Å²) in [5, 5.41) is 3.51. The molecule has 0 bridgehead atoms. The number of thioether (sulfide) groups is 1. The topological polar surface area (TPSA) is 38.3 Å². The fraction of sp³-hybridized carbons (Fsp3) is 0.235. The van der Waals surface area contributed by atoms with Gasteiger partial charge in [0.15, 0.2) is 0 Å². The Bertz CT molecular complexity index is 644. The molecule has 0 aliphatic rings. The smallest absolute Gasteiger partial charge is 0.234 e. The lowest BCUT2D eigenvalue weighted by Crippen LogP contribution is -2.15. The maximum absolute atomic E-state index is 12.0. The first-order chi connectivity index (χ1) is 10.6. The van der Waals surface area contributed by atoms with Crippen molar-refractivity contribution in [2.24, 2.45) is 0 Å². The van der Waals surface area contributed by atoms with Gasteiger partial charge in [0.25, 0.3) is 0 Å². The fourth-order valence-electron chi connectivity index (χ4n) is 1.90. The summed E-state index contributed by atoms with van der Waals surface area (Å²) in [6.45, 7) is 1.94. The maximum atomic E-state index is 12.0. The van der Waals surface area contributed by atoms with Crippen LogP contribution in [0.2, 0.25) is 5.02 Å². The number of hydrogen-bond acceptors (Lipinski definition) is 3. The molecule has 0 heterocycles. The van der Waals surface area contributed by atoms with Crippen LogP contribution in [0.1, 0.15) is 11.1 Å². The highest BCUT2D eigenvalue weighted by Crippen LogP contribution is 2.21. The molecule has 0 unspecified atom stereocenters. The molecule has 3 nitrogen and oxygen atoms in total. The molecule has 2 aromatic rings. The summed E-state index contributed by atoms with van der Waals surface area (Å²) in [6, 6.07) is 13.3. The van der Waals surface area contributed by atoms with Crippen molar-refractivity contribution >= 4 is 35.0 Å². The zero-order valence-corrected chi connectivity index (χ0v) is 14.1. The van der Waals surface area contributed by atoms with E-state index >= 15 is 0 Å². The standard InChI is InChI=1S/C17H18ClNO2S/c1-12-3-6-14(18)9-16(12)19-17(20)11-22-10-13-4-7-15(21-2)8-5-13/h3-9H,10-11H2,1-2H3,(H,19,20). The van der Waals surface area contributed by atoms with Gasteiger partial charge in [0.05, 0.1) is 12.9 Å². The summed E-state index contributed by atoms with van der Waals surface area (Å²) in [5.74, 6) is 2.00. The van der Waals surface area contributed by atoms with Gasteiger partial charge < -0.3 is 10.1 Å². The minimum Gasteiger partial charge on any atom is -0.497 e. The van der Waals surface area contributed by atoms with Crippen molar-refractivity contribution in [3.63, 3.8) is 0 Å². The first-order valence-electron chi connectivity index (χ1n) is 6.85. The first kappa shape index (κ1) is 16.7. The Balaban J connectivity index is 1.81. The molecule has 1 N–H and O–H groups in total.